The molecule has 1 aliphatic heterocycles. The van der Waals surface area contributed by atoms with Gasteiger partial charge in [-0.15, -0.1) is 12.4 Å². The number of methoxy groups -OCH3 is 1. The van der Waals surface area contributed by atoms with Crippen LogP contribution >= 0.6 is 12.4 Å². The van der Waals surface area contributed by atoms with Gasteiger partial charge in [-0.2, -0.15) is 0 Å². The second-order valence-electron chi connectivity index (χ2n) is 5.60. The Hall–Kier alpha value is -1.15. The van der Waals surface area contributed by atoms with E-state index in [1.807, 2.05) is 6.92 Å². The van der Waals surface area contributed by atoms with Crippen LogP contribution < -0.4 is 10.0 Å². The largest absolute Gasteiger partial charge is 0.465 e. The lowest BCUT2D eigenvalue weighted by Crippen LogP contribution is -2.46. The molecule has 0 bridgehead atoms. The number of hydrogen-bond acceptors (Lipinski definition) is 5. The number of sulfonamides is 1. The van der Waals surface area contributed by atoms with E-state index in [0.717, 1.165) is 19.4 Å². The fourth-order valence-corrected chi connectivity index (χ4v) is 4.16. The van der Waals surface area contributed by atoms with Crippen molar-refractivity contribution < 1.29 is 17.9 Å². The lowest BCUT2D eigenvalue weighted by molar-refractivity contribution is 0.0600. The zero-order valence-corrected chi connectivity index (χ0v) is 14.9. The van der Waals surface area contributed by atoms with Gasteiger partial charge in [0.15, 0.2) is 0 Å². The van der Waals surface area contributed by atoms with E-state index in [2.05, 4.69) is 10.0 Å². The molecule has 1 aliphatic rings. The molecular weight excluding hydrogens is 340 g/mol. The van der Waals surface area contributed by atoms with Gasteiger partial charge in [-0.25, -0.2) is 17.9 Å². The predicted octanol–water partition coefficient (Wildman–Crippen LogP) is 1.45. The Morgan fingerprint density at radius 1 is 1.39 bits per heavy atom. The lowest BCUT2D eigenvalue weighted by atomic mass is 10.0. The van der Waals surface area contributed by atoms with Gasteiger partial charge >= 0.3 is 5.97 Å². The molecule has 0 amide bonds. The van der Waals surface area contributed by atoms with E-state index in [-0.39, 0.29) is 29.8 Å². The summed E-state index contributed by atoms with van der Waals surface area (Å²) in [5.74, 6) is -0.752. The van der Waals surface area contributed by atoms with Crippen LogP contribution in [0.15, 0.2) is 24.3 Å². The van der Waals surface area contributed by atoms with Crippen LogP contribution in [0, 0.1) is 0 Å². The van der Waals surface area contributed by atoms with Gasteiger partial charge in [0.2, 0.25) is 10.0 Å². The van der Waals surface area contributed by atoms with Crippen molar-refractivity contribution in [1.82, 2.24) is 10.0 Å². The number of carbonyl (C=O) groups is 1. The Labute approximate surface area is 143 Å². The highest BCUT2D eigenvalue weighted by molar-refractivity contribution is 7.88. The molecular formula is C15H23ClN2O4S. The highest BCUT2D eigenvalue weighted by atomic mass is 35.5. The highest BCUT2D eigenvalue weighted by Gasteiger charge is 2.24. The Morgan fingerprint density at radius 3 is 2.74 bits per heavy atom. The number of esters is 1. The molecule has 0 aliphatic carbocycles. The summed E-state index contributed by atoms with van der Waals surface area (Å²) >= 11 is 0. The van der Waals surface area contributed by atoms with Crippen molar-refractivity contribution >= 4 is 28.4 Å². The van der Waals surface area contributed by atoms with Crippen LogP contribution in [0.3, 0.4) is 0 Å². The van der Waals surface area contributed by atoms with Gasteiger partial charge in [0.1, 0.15) is 0 Å². The van der Waals surface area contributed by atoms with Crippen molar-refractivity contribution in [2.24, 2.45) is 0 Å². The summed E-state index contributed by atoms with van der Waals surface area (Å²) in [6.45, 7) is 2.83. The number of carbonyl (C=O) groups excluding carboxylic acids is 1. The summed E-state index contributed by atoms with van der Waals surface area (Å²) < 4.78 is 32.1. The zero-order chi connectivity index (χ0) is 16.2. The van der Waals surface area contributed by atoms with Gasteiger partial charge < -0.3 is 10.1 Å². The molecule has 2 atom stereocenters. The van der Waals surface area contributed by atoms with Crippen LogP contribution in [-0.4, -0.2) is 40.1 Å². The van der Waals surface area contributed by atoms with E-state index in [1.165, 1.54) is 7.11 Å². The molecule has 0 radical (unpaired) electrons. The molecule has 1 aromatic rings. The van der Waals surface area contributed by atoms with Crippen molar-refractivity contribution in [2.75, 3.05) is 13.7 Å². The number of nitrogens with one attached hydrogen (secondary N) is 2. The maximum atomic E-state index is 12.4. The van der Waals surface area contributed by atoms with Gasteiger partial charge in [0.05, 0.1) is 18.4 Å². The zero-order valence-electron chi connectivity index (χ0n) is 13.2. The lowest BCUT2D eigenvalue weighted by Gasteiger charge is -2.28. The minimum atomic E-state index is -3.51. The van der Waals surface area contributed by atoms with E-state index in [0.29, 0.717) is 11.6 Å². The summed E-state index contributed by atoms with van der Waals surface area (Å²) in [7, 11) is -2.23. The van der Waals surface area contributed by atoms with Crippen molar-refractivity contribution in [3.8, 4) is 0 Å². The van der Waals surface area contributed by atoms with Gasteiger partial charge in [-0.05, 0) is 37.9 Å². The van der Waals surface area contributed by atoms with Crippen LogP contribution in [0.2, 0.25) is 0 Å². The molecule has 8 heteroatoms. The first kappa shape index (κ1) is 19.9. The number of piperidine rings is 1. The van der Waals surface area contributed by atoms with E-state index in [1.54, 1.807) is 24.3 Å². The molecule has 23 heavy (non-hydrogen) atoms. The first-order chi connectivity index (χ1) is 10.4. The van der Waals surface area contributed by atoms with Crippen LogP contribution in [-0.2, 0) is 20.5 Å². The van der Waals surface area contributed by atoms with Crippen LogP contribution in [0.25, 0.3) is 0 Å². The SMILES string of the molecule is COC(=O)c1ccccc1CS(=O)(=O)NC1CCNC(C)C1.Cl. The molecule has 0 saturated carbocycles. The first-order valence-electron chi connectivity index (χ1n) is 7.31. The molecule has 130 valence electrons. The number of rotatable bonds is 5. The van der Waals surface area contributed by atoms with Crippen LogP contribution in [0.4, 0.5) is 0 Å². The van der Waals surface area contributed by atoms with E-state index >= 15 is 0 Å². The van der Waals surface area contributed by atoms with Gasteiger partial charge in [0.25, 0.3) is 0 Å². The summed E-state index contributed by atoms with van der Waals surface area (Å²) in [5, 5.41) is 3.28. The molecule has 0 aromatic heterocycles. The maximum absolute atomic E-state index is 12.4. The van der Waals surface area contributed by atoms with E-state index in [9.17, 15) is 13.2 Å². The summed E-state index contributed by atoms with van der Waals surface area (Å²) in [6.07, 6.45) is 1.53. The van der Waals surface area contributed by atoms with Gasteiger partial charge in [-0.1, -0.05) is 18.2 Å². The van der Waals surface area contributed by atoms with E-state index in [4.69, 9.17) is 4.74 Å². The van der Waals surface area contributed by atoms with Crippen LogP contribution in [0.5, 0.6) is 0 Å². The Morgan fingerprint density at radius 2 is 2.09 bits per heavy atom. The summed E-state index contributed by atoms with van der Waals surface area (Å²) in [4.78, 5) is 11.7. The monoisotopic (exact) mass is 362 g/mol. The van der Waals surface area contributed by atoms with Crippen LogP contribution in [0.1, 0.15) is 35.7 Å². The smallest absolute Gasteiger partial charge is 0.338 e. The Kier molecular flexibility index (Phi) is 7.47. The summed E-state index contributed by atoms with van der Waals surface area (Å²) in [6, 6.07) is 6.84. The molecule has 2 unspecified atom stereocenters. The fourth-order valence-electron chi connectivity index (χ4n) is 2.69. The molecule has 1 saturated heterocycles. The standard InChI is InChI=1S/C15H22N2O4S.ClH/c1-11-9-13(7-8-16-11)17-22(19,20)10-12-5-3-4-6-14(12)15(18)21-2;/h3-6,11,13,16-17H,7-10H2,1-2H3;1H. The normalized spacial score (nSPS) is 21.3. The highest BCUT2D eigenvalue weighted by Crippen LogP contribution is 2.15. The minimum Gasteiger partial charge on any atom is -0.465 e. The molecule has 1 heterocycles. The number of halogens is 1. The third kappa shape index (κ3) is 5.76. The first-order valence-corrected chi connectivity index (χ1v) is 8.96. The van der Waals surface area contributed by atoms with Crippen molar-refractivity contribution in [3.63, 3.8) is 0 Å². The Balaban J connectivity index is 0.00000264. The topological polar surface area (TPSA) is 84.5 Å². The second-order valence-corrected chi connectivity index (χ2v) is 7.36. The van der Waals surface area contributed by atoms with E-state index < -0.39 is 16.0 Å². The van der Waals surface area contributed by atoms with Crippen molar-refractivity contribution in [3.05, 3.63) is 35.4 Å². The average Bonchev–Trinajstić information content (AvgIpc) is 2.46. The van der Waals surface area contributed by atoms with Gasteiger partial charge in [-0.3, -0.25) is 0 Å². The molecule has 1 aromatic carbocycles. The van der Waals surface area contributed by atoms with Gasteiger partial charge in [0, 0.05) is 12.1 Å². The number of hydrogen-bond donors (Lipinski definition) is 2. The summed E-state index contributed by atoms with van der Waals surface area (Å²) in [5.41, 5.74) is 0.734. The van der Waals surface area contributed by atoms with Crippen molar-refractivity contribution in [1.29, 1.82) is 0 Å². The average molecular weight is 363 g/mol. The molecule has 6 nitrogen and oxygen atoms in total. The third-order valence-corrected chi connectivity index (χ3v) is 5.12. The molecule has 0 spiro atoms. The minimum absolute atomic E-state index is 0. The second kappa shape index (κ2) is 8.63. The molecule has 2 rings (SSSR count). The number of benzene rings is 1. The third-order valence-electron chi connectivity index (χ3n) is 3.74. The fraction of sp³-hybridized carbons (Fsp3) is 0.533. The number of ether oxygens (including phenoxy) is 1. The Bertz CT molecular complexity index is 636. The molecule has 1 fully saturated rings. The molecule has 2 N–H and O–H groups in total. The quantitative estimate of drug-likeness (QED) is 0.774. The van der Waals surface area contributed by atoms with Crippen molar-refractivity contribution in [2.45, 2.75) is 37.6 Å². The predicted molar refractivity (Wildman–Crippen MR) is 91.3 cm³/mol. The maximum Gasteiger partial charge on any atom is 0.338 e.